The fourth-order valence-electron chi connectivity index (χ4n) is 1.17. The predicted octanol–water partition coefficient (Wildman–Crippen LogP) is 3.34. The monoisotopic (exact) mass is 208 g/mol. The van der Waals surface area contributed by atoms with Crippen LogP contribution in [0.5, 0.6) is 0 Å². The lowest BCUT2D eigenvalue weighted by atomic mass is 10.1. The molecule has 0 aliphatic rings. The smallest absolute Gasteiger partial charge is 0.335 e. The fourth-order valence-corrected chi connectivity index (χ4v) is 1.17. The van der Waals surface area contributed by atoms with Crippen molar-refractivity contribution in [1.82, 2.24) is 0 Å². The molecule has 1 N–H and O–H groups in total. The molecule has 0 saturated heterocycles. The highest BCUT2D eigenvalue weighted by molar-refractivity contribution is 5.87. The van der Waals surface area contributed by atoms with E-state index in [1.165, 1.54) is 12.1 Å². The minimum Gasteiger partial charge on any atom is -0.478 e. The van der Waals surface area contributed by atoms with Crippen LogP contribution < -0.4 is 0 Å². The number of aromatic carboxylic acids is 1. The van der Waals surface area contributed by atoms with E-state index in [1.54, 1.807) is 6.08 Å². The third-order valence-corrected chi connectivity index (χ3v) is 2.00. The molecule has 3 heteroatoms. The van der Waals surface area contributed by atoms with Crippen LogP contribution in [0.3, 0.4) is 0 Å². The third-order valence-electron chi connectivity index (χ3n) is 2.00. The standard InChI is InChI=1S/C12H13FO2/c1-2-3-4-5-9-6-7-10(12(14)15)8-11(9)13/h4-8H,2-3H2,1H3,(H,14,15). The van der Waals surface area contributed by atoms with Gasteiger partial charge in [-0.25, -0.2) is 9.18 Å². The van der Waals surface area contributed by atoms with E-state index in [2.05, 4.69) is 0 Å². The van der Waals surface area contributed by atoms with Crippen LogP contribution in [0.1, 0.15) is 35.7 Å². The van der Waals surface area contributed by atoms with Crippen molar-refractivity contribution in [1.29, 1.82) is 0 Å². The molecule has 0 unspecified atom stereocenters. The molecule has 0 radical (unpaired) electrons. The molecule has 2 nitrogen and oxygen atoms in total. The van der Waals surface area contributed by atoms with Crippen LogP contribution in [0.4, 0.5) is 4.39 Å². The maximum atomic E-state index is 13.3. The molecule has 0 aliphatic heterocycles. The maximum absolute atomic E-state index is 13.3. The topological polar surface area (TPSA) is 37.3 Å². The molecule has 0 amide bonds. The summed E-state index contributed by atoms with van der Waals surface area (Å²) in [7, 11) is 0. The van der Waals surface area contributed by atoms with E-state index in [-0.39, 0.29) is 5.56 Å². The summed E-state index contributed by atoms with van der Waals surface area (Å²) in [5.74, 6) is -1.61. The molecule has 0 saturated carbocycles. The van der Waals surface area contributed by atoms with Crippen molar-refractivity contribution >= 4 is 12.0 Å². The van der Waals surface area contributed by atoms with Crippen molar-refractivity contribution < 1.29 is 14.3 Å². The second-order valence-corrected chi connectivity index (χ2v) is 3.23. The molecule has 0 bridgehead atoms. The summed E-state index contributed by atoms with van der Waals surface area (Å²) in [5.41, 5.74) is 0.397. The van der Waals surface area contributed by atoms with Crippen LogP contribution in [0.2, 0.25) is 0 Å². The van der Waals surface area contributed by atoms with Crippen LogP contribution in [0.15, 0.2) is 24.3 Å². The molecule has 0 aliphatic carbocycles. The van der Waals surface area contributed by atoms with E-state index in [0.717, 1.165) is 18.9 Å². The van der Waals surface area contributed by atoms with Crippen molar-refractivity contribution in [3.05, 3.63) is 41.2 Å². The Morgan fingerprint density at radius 3 is 2.80 bits per heavy atom. The first-order valence-corrected chi connectivity index (χ1v) is 4.84. The van der Waals surface area contributed by atoms with Gasteiger partial charge in [0, 0.05) is 5.56 Å². The Morgan fingerprint density at radius 1 is 1.53 bits per heavy atom. The fraction of sp³-hybridized carbons (Fsp3) is 0.250. The van der Waals surface area contributed by atoms with Crippen LogP contribution in [-0.4, -0.2) is 11.1 Å². The van der Waals surface area contributed by atoms with Gasteiger partial charge in [-0.2, -0.15) is 0 Å². The molecule has 80 valence electrons. The van der Waals surface area contributed by atoms with Gasteiger partial charge in [0.2, 0.25) is 0 Å². The van der Waals surface area contributed by atoms with Crippen molar-refractivity contribution in [2.24, 2.45) is 0 Å². The number of carboxylic acid groups (broad SMARTS) is 1. The molecule has 1 aromatic rings. The van der Waals surface area contributed by atoms with Crippen LogP contribution in [0, 0.1) is 5.82 Å². The second-order valence-electron chi connectivity index (χ2n) is 3.23. The number of allylic oxidation sites excluding steroid dienone is 1. The number of carbonyl (C=O) groups is 1. The highest BCUT2D eigenvalue weighted by Crippen LogP contribution is 2.12. The Labute approximate surface area is 88.1 Å². The minimum atomic E-state index is -1.11. The first-order valence-electron chi connectivity index (χ1n) is 4.84. The van der Waals surface area contributed by atoms with Gasteiger partial charge < -0.3 is 5.11 Å². The molecule has 0 heterocycles. The van der Waals surface area contributed by atoms with Crippen LogP contribution >= 0.6 is 0 Å². The zero-order valence-electron chi connectivity index (χ0n) is 8.53. The van der Waals surface area contributed by atoms with E-state index in [9.17, 15) is 9.18 Å². The number of carboxylic acids is 1. The Bertz CT molecular complexity index is 383. The van der Waals surface area contributed by atoms with Gasteiger partial charge in [0.15, 0.2) is 0 Å². The summed E-state index contributed by atoms with van der Waals surface area (Å²) in [6.07, 6.45) is 5.44. The van der Waals surface area contributed by atoms with Gasteiger partial charge in [-0.3, -0.25) is 0 Å². The van der Waals surface area contributed by atoms with Crippen molar-refractivity contribution in [2.75, 3.05) is 0 Å². The van der Waals surface area contributed by atoms with Gasteiger partial charge in [0.25, 0.3) is 0 Å². The first-order chi connectivity index (χ1) is 7.15. The molecule has 0 spiro atoms. The number of halogens is 1. The van der Waals surface area contributed by atoms with Gasteiger partial charge in [-0.1, -0.05) is 31.6 Å². The van der Waals surface area contributed by atoms with E-state index < -0.39 is 11.8 Å². The lowest BCUT2D eigenvalue weighted by molar-refractivity contribution is 0.0696. The molecule has 0 aromatic heterocycles. The molecule has 0 fully saturated rings. The number of hydrogen-bond donors (Lipinski definition) is 1. The van der Waals surface area contributed by atoms with Gasteiger partial charge in [0.1, 0.15) is 5.82 Å². The zero-order chi connectivity index (χ0) is 11.3. The molecule has 1 rings (SSSR count). The minimum absolute atomic E-state index is 0.0276. The highest BCUT2D eigenvalue weighted by Gasteiger charge is 2.05. The second kappa shape index (κ2) is 5.29. The lowest BCUT2D eigenvalue weighted by Crippen LogP contribution is -1.97. The number of unbranched alkanes of at least 4 members (excludes halogenated alkanes) is 1. The predicted molar refractivity (Wildman–Crippen MR) is 57.3 cm³/mol. The lowest BCUT2D eigenvalue weighted by Gasteiger charge is -1.98. The van der Waals surface area contributed by atoms with Crippen LogP contribution in [-0.2, 0) is 0 Å². The Kier molecular flexibility index (Phi) is 4.03. The zero-order valence-corrected chi connectivity index (χ0v) is 8.53. The largest absolute Gasteiger partial charge is 0.478 e. The number of benzene rings is 1. The Morgan fingerprint density at radius 2 is 2.27 bits per heavy atom. The van der Waals surface area contributed by atoms with E-state index in [1.807, 2.05) is 13.0 Å². The number of rotatable bonds is 4. The average molecular weight is 208 g/mol. The highest BCUT2D eigenvalue weighted by atomic mass is 19.1. The van der Waals surface area contributed by atoms with Crippen molar-refractivity contribution in [3.63, 3.8) is 0 Å². The Hall–Kier alpha value is -1.64. The first kappa shape index (κ1) is 11.4. The van der Waals surface area contributed by atoms with E-state index in [0.29, 0.717) is 5.56 Å². The number of hydrogen-bond acceptors (Lipinski definition) is 1. The molecular weight excluding hydrogens is 195 g/mol. The summed E-state index contributed by atoms with van der Waals surface area (Å²) >= 11 is 0. The van der Waals surface area contributed by atoms with E-state index >= 15 is 0 Å². The van der Waals surface area contributed by atoms with Gasteiger partial charge >= 0.3 is 5.97 Å². The summed E-state index contributed by atoms with van der Waals surface area (Å²) in [4.78, 5) is 10.5. The van der Waals surface area contributed by atoms with Crippen molar-refractivity contribution in [2.45, 2.75) is 19.8 Å². The molecule has 0 atom stereocenters. The summed E-state index contributed by atoms with van der Waals surface area (Å²) in [6.45, 7) is 2.04. The average Bonchev–Trinajstić information content (AvgIpc) is 2.20. The van der Waals surface area contributed by atoms with Crippen molar-refractivity contribution in [3.8, 4) is 0 Å². The summed E-state index contributed by atoms with van der Waals surface area (Å²) in [6, 6.07) is 3.91. The van der Waals surface area contributed by atoms with E-state index in [4.69, 9.17) is 5.11 Å². The molecular formula is C12H13FO2. The maximum Gasteiger partial charge on any atom is 0.335 e. The van der Waals surface area contributed by atoms with Gasteiger partial charge in [0.05, 0.1) is 5.56 Å². The molecule has 15 heavy (non-hydrogen) atoms. The third kappa shape index (κ3) is 3.20. The SMILES string of the molecule is CCCC=Cc1ccc(C(=O)O)cc1F. The quantitative estimate of drug-likeness (QED) is 0.823. The van der Waals surface area contributed by atoms with Gasteiger partial charge in [-0.15, -0.1) is 0 Å². The molecule has 1 aromatic carbocycles. The van der Waals surface area contributed by atoms with Crippen LogP contribution in [0.25, 0.3) is 6.08 Å². The Balaban J connectivity index is 2.88. The summed E-state index contributed by atoms with van der Waals surface area (Å²) < 4.78 is 13.3. The summed E-state index contributed by atoms with van der Waals surface area (Å²) in [5, 5.41) is 8.63. The van der Waals surface area contributed by atoms with Gasteiger partial charge in [-0.05, 0) is 18.6 Å². The normalized spacial score (nSPS) is 10.8.